The van der Waals surface area contributed by atoms with Gasteiger partial charge < -0.3 is 4.90 Å². The minimum Gasteiger partial charge on any atom is -0.338 e. The zero-order valence-electron chi connectivity index (χ0n) is 14.8. The van der Waals surface area contributed by atoms with Gasteiger partial charge in [0, 0.05) is 5.02 Å². The number of quaternary nitrogens is 1. The van der Waals surface area contributed by atoms with Gasteiger partial charge in [-0.2, -0.15) is 0 Å². The van der Waals surface area contributed by atoms with Crippen molar-refractivity contribution >= 4 is 55.8 Å². The monoisotopic (exact) mass is 408 g/mol. The fourth-order valence-corrected chi connectivity index (χ4v) is 4.05. The number of halogens is 2. The molecule has 4 nitrogen and oxygen atoms in total. The molecule has 0 aliphatic rings. The predicted octanol–water partition coefficient (Wildman–Crippen LogP) is 3.70. The van der Waals surface area contributed by atoms with E-state index in [1.807, 2.05) is 25.1 Å². The van der Waals surface area contributed by atoms with Crippen molar-refractivity contribution < 1.29 is 9.69 Å². The molecule has 7 heteroatoms. The second-order valence-corrected chi connectivity index (χ2v) is 8.31. The molecule has 0 saturated heterocycles. The highest BCUT2D eigenvalue weighted by atomic mass is 35.5. The first-order valence-electron chi connectivity index (χ1n) is 8.29. The summed E-state index contributed by atoms with van der Waals surface area (Å²) in [5, 5.41) is 1.55. The lowest BCUT2D eigenvalue weighted by Gasteiger charge is -2.21. The summed E-state index contributed by atoms with van der Waals surface area (Å²) < 4.78 is 1.06. The van der Waals surface area contributed by atoms with Crippen molar-refractivity contribution in [2.75, 3.05) is 32.1 Å². The van der Waals surface area contributed by atoms with E-state index in [-0.39, 0.29) is 5.91 Å². The number of nitrogens with one attached hydrogen (secondary N) is 1. The van der Waals surface area contributed by atoms with E-state index >= 15 is 0 Å². The van der Waals surface area contributed by atoms with Crippen molar-refractivity contribution in [1.29, 1.82) is 0 Å². The van der Waals surface area contributed by atoms with Crippen LogP contribution in [0.4, 0.5) is 5.13 Å². The smallest absolute Gasteiger partial charge is 0.261 e. The molecule has 1 amide bonds. The summed E-state index contributed by atoms with van der Waals surface area (Å²) >= 11 is 13.9. The van der Waals surface area contributed by atoms with Crippen LogP contribution in [0.5, 0.6) is 0 Å². The van der Waals surface area contributed by atoms with E-state index < -0.39 is 0 Å². The number of aryl methyl sites for hydroxylation is 1. The molecule has 0 fully saturated rings. The summed E-state index contributed by atoms with van der Waals surface area (Å²) in [7, 11) is 4.11. The largest absolute Gasteiger partial charge is 0.338 e. The van der Waals surface area contributed by atoms with Gasteiger partial charge in [-0.05, 0) is 36.8 Å². The third kappa shape index (κ3) is 4.01. The third-order valence-electron chi connectivity index (χ3n) is 4.08. The van der Waals surface area contributed by atoms with Crippen LogP contribution >= 0.6 is 34.5 Å². The Morgan fingerprint density at radius 3 is 2.69 bits per heavy atom. The number of nitrogens with zero attached hydrogens (tertiary/aromatic N) is 2. The van der Waals surface area contributed by atoms with E-state index in [1.54, 1.807) is 23.1 Å². The van der Waals surface area contributed by atoms with E-state index in [0.717, 1.165) is 22.3 Å². The molecule has 0 aliphatic carbocycles. The summed E-state index contributed by atoms with van der Waals surface area (Å²) in [4.78, 5) is 20.9. The quantitative estimate of drug-likeness (QED) is 0.698. The van der Waals surface area contributed by atoms with Crippen molar-refractivity contribution in [2.45, 2.75) is 6.92 Å². The Morgan fingerprint density at radius 2 is 2.00 bits per heavy atom. The zero-order chi connectivity index (χ0) is 18.8. The van der Waals surface area contributed by atoms with E-state index in [0.29, 0.717) is 27.3 Å². The van der Waals surface area contributed by atoms with Gasteiger partial charge in [0.2, 0.25) is 0 Å². The maximum Gasteiger partial charge on any atom is 0.261 e. The van der Waals surface area contributed by atoms with E-state index in [4.69, 9.17) is 28.2 Å². The van der Waals surface area contributed by atoms with Gasteiger partial charge in [-0.1, -0.05) is 46.7 Å². The van der Waals surface area contributed by atoms with Crippen LogP contribution < -0.4 is 9.80 Å². The number of aromatic nitrogens is 1. The predicted molar refractivity (Wildman–Crippen MR) is 110 cm³/mol. The number of likely N-dealkylation sites (N-methyl/N-ethyl adjacent to an activating group) is 1. The average molecular weight is 409 g/mol. The summed E-state index contributed by atoms with van der Waals surface area (Å²) in [5.74, 6) is -0.185. The highest BCUT2D eigenvalue weighted by molar-refractivity contribution is 7.22. The Bertz CT molecular complexity index is 955. The summed E-state index contributed by atoms with van der Waals surface area (Å²) in [6.45, 7) is 3.36. The molecule has 3 aromatic rings. The van der Waals surface area contributed by atoms with E-state index in [9.17, 15) is 4.79 Å². The van der Waals surface area contributed by atoms with Crippen LogP contribution in [-0.4, -0.2) is 38.1 Å². The van der Waals surface area contributed by atoms with Crippen molar-refractivity contribution in [3.8, 4) is 0 Å². The zero-order valence-corrected chi connectivity index (χ0v) is 17.2. The molecule has 0 spiro atoms. The number of benzene rings is 2. The second-order valence-electron chi connectivity index (χ2n) is 6.46. The van der Waals surface area contributed by atoms with Gasteiger partial charge in [0.25, 0.3) is 5.91 Å². The molecular weight excluding hydrogens is 389 g/mol. The first-order valence-corrected chi connectivity index (χ1v) is 9.86. The highest BCUT2D eigenvalue weighted by Crippen LogP contribution is 2.32. The Hall–Kier alpha value is -1.66. The Labute approximate surface area is 167 Å². The summed E-state index contributed by atoms with van der Waals surface area (Å²) in [5.41, 5.74) is 2.42. The molecule has 1 aromatic heterocycles. The lowest BCUT2D eigenvalue weighted by Crippen LogP contribution is -3.06. The molecule has 1 N–H and O–H groups in total. The lowest BCUT2D eigenvalue weighted by molar-refractivity contribution is -0.856. The number of amides is 1. The SMILES string of the molecule is Cc1cccc2sc(N(CC[NH+](C)C)C(=O)c3cc(Cl)ccc3Cl)nc12. The fourth-order valence-electron chi connectivity index (χ4n) is 2.62. The number of rotatable bonds is 5. The topological polar surface area (TPSA) is 37.6 Å². The number of hydrogen-bond donors (Lipinski definition) is 1. The van der Waals surface area contributed by atoms with Crippen LogP contribution in [-0.2, 0) is 0 Å². The molecule has 0 aliphatic heterocycles. The van der Waals surface area contributed by atoms with Crippen molar-refractivity contribution in [1.82, 2.24) is 4.98 Å². The van der Waals surface area contributed by atoms with Crippen LogP contribution in [0.15, 0.2) is 36.4 Å². The summed E-state index contributed by atoms with van der Waals surface area (Å²) in [6.07, 6.45) is 0. The van der Waals surface area contributed by atoms with Gasteiger partial charge in [-0.15, -0.1) is 0 Å². The molecule has 0 bridgehead atoms. The normalized spacial score (nSPS) is 11.3. The van der Waals surface area contributed by atoms with Gasteiger partial charge in [0.15, 0.2) is 5.13 Å². The maximum absolute atomic E-state index is 13.2. The minimum atomic E-state index is -0.185. The lowest BCUT2D eigenvalue weighted by atomic mass is 10.2. The van der Waals surface area contributed by atoms with Crippen molar-refractivity contribution in [3.63, 3.8) is 0 Å². The first-order chi connectivity index (χ1) is 12.4. The van der Waals surface area contributed by atoms with Gasteiger partial charge in [-0.25, -0.2) is 4.98 Å². The Morgan fingerprint density at radius 1 is 1.23 bits per heavy atom. The Kier molecular flexibility index (Phi) is 5.82. The van der Waals surface area contributed by atoms with Crippen LogP contribution in [0.1, 0.15) is 15.9 Å². The van der Waals surface area contributed by atoms with Gasteiger partial charge in [-0.3, -0.25) is 9.69 Å². The molecule has 2 aromatic carbocycles. The van der Waals surface area contributed by atoms with Crippen molar-refractivity contribution in [2.24, 2.45) is 0 Å². The number of carbonyl (C=O) groups is 1. The molecule has 0 unspecified atom stereocenters. The number of thiazole rings is 1. The average Bonchev–Trinajstić information content (AvgIpc) is 3.02. The van der Waals surface area contributed by atoms with Crippen LogP contribution in [0.2, 0.25) is 10.0 Å². The van der Waals surface area contributed by atoms with Gasteiger partial charge in [0.1, 0.15) is 0 Å². The van der Waals surface area contributed by atoms with Crippen LogP contribution in [0, 0.1) is 6.92 Å². The molecule has 26 heavy (non-hydrogen) atoms. The minimum absolute atomic E-state index is 0.185. The van der Waals surface area contributed by atoms with E-state index in [2.05, 4.69) is 14.1 Å². The van der Waals surface area contributed by atoms with Gasteiger partial charge in [0.05, 0.1) is 48.0 Å². The molecular formula is C19H20Cl2N3OS+. The molecule has 0 atom stereocenters. The van der Waals surface area contributed by atoms with Crippen molar-refractivity contribution in [3.05, 3.63) is 57.6 Å². The fraction of sp³-hybridized carbons (Fsp3) is 0.263. The number of fused-ring (bicyclic) bond motifs is 1. The summed E-state index contributed by atoms with van der Waals surface area (Å²) in [6, 6.07) is 11.0. The van der Waals surface area contributed by atoms with Crippen LogP contribution in [0.3, 0.4) is 0 Å². The molecule has 0 saturated carbocycles. The number of anilines is 1. The number of carbonyl (C=O) groups excluding carboxylic acids is 1. The highest BCUT2D eigenvalue weighted by Gasteiger charge is 2.24. The molecule has 3 rings (SSSR count). The second kappa shape index (κ2) is 7.92. The third-order valence-corrected chi connectivity index (χ3v) is 5.69. The van der Waals surface area contributed by atoms with Crippen LogP contribution in [0.25, 0.3) is 10.2 Å². The van der Waals surface area contributed by atoms with Gasteiger partial charge >= 0.3 is 0 Å². The number of para-hydroxylation sites is 1. The Balaban J connectivity index is 2.04. The molecule has 136 valence electrons. The molecule has 1 heterocycles. The maximum atomic E-state index is 13.2. The number of hydrogen-bond acceptors (Lipinski definition) is 3. The molecule has 0 radical (unpaired) electrons. The standard InChI is InChI=1S/C19H19Cl2N3OS/c1-12-5-4-6-16-17(12)22-19(26-16)24(10-9-23(2)3)18(25)14-11-13(20)7-8-15(14)21/h4-8,11H,9-10H2,1-3H3/p+1. The van der Waals surface area contributed by atoms with E-state index in [1.165, 1.54) is 16.2 Å². The first kappa shape index (κ1) is 19.1.